The molecule has 1 amide bonds. The predicted molar refractivity (Wildman–Crippen MR) is 81.5 cm³/mol. The van der Waals surface area contributed by atoms with E-state index in [9.17, 15) is 4.79 Å². The van der Waals surface area contributed by atoms with Gasteiger partial charge in [0.25, 0.3) is 0 Å². The average molecular weight is 286 g/mol. The molecule has 0 saturated heterocycles. The number of para-hydroxylation sites is 2. The summed E-state index contributed by atoms with van der Waals surface area (Å²) in [6.07, 6.45) is 0. The third-order valence-corrected chi connectivity index (χ3v) is 3.14. The van der Waals surface area contributed by atoms with Crippen molar-refractivity contribution in [2.24, 2.45) is 5.73 Å². The Balaban J connectivity index is 2.28. The minimum atomic E-state index is -0.646. The van der Waals surface area contributed by atoms with Crippen molar-refractivity contribution in [3.63, 3.8) is 0 Å². The van der Waals surface area contributed by atoms with Crippen LogP contribution >= 0.6 is 0 Å². The van der Waals surface area contributed by atoms with Gasteiger partial charge in [0.05, 0.1) is 19.9 Å². The summed E-state index contributed by atoms with van der Waals surface area (Å²) >= 11 is 0. The van der Waals surface area contributed by atoms with Crippen molar-refractivity contribution in [2.75, 3.05) is 19.5 Å². The summed E-state index contributed by atoms with van der Waals surface area (Å²) in [6.45, 7) is 0. The van der Waals surface area contributed by atoms with E-state index in [1.807, 2.05) is 24.3 Å². The number of hydrogen-bond acceptors (Lipinski definition) is 4. The molecule has 2 aromatic carbocycles. The minimum absolute atomic E-state index is 0.467. The number of rotatable bonds is 6. The van der Waals surface area contributed by atoms with Crippen molar-refractivity contribution in [2.45, 2.75) is 6.04 Å². The lowest BCUT2D eigenvalue weighted by Gasteiger charge is -2.19. The number of methoxy groups -OCH3 is 2. The lowest BCUT2D eigenvalue weighted by molar-refractivity contribution is -0.118. The maximum absolute atomic E-state index is 11.7. The van der Waals surface area contributed by atoms with E-state index in [4.69, 9.17) is 15.2 Å². The van der Waals surface area contributed by atoms with Gasteiger partial charge in [-0.2, -0.15) is 0 Å². The lowest BCUT2D eigenvalue weighted by Crippen LogP contribution is -2.27. The van der Waals surface area contributed by atoms with Gasteiger partial charge in [0.15, 0.2) is 0 Å². The summed E-state index contributed by atoms with van der Waals surface area (Å²) in [4.78, 5) is 11.7. The maximum atomic E-state index is 11.7. The third kappa shape index (κ3) is 3.45. The quantitative estimate of drug-likeness (QED) is 0.855. The second kappa shape index (κ2) is 6.65. The van der Waals surface area contributed by atoms with Crippen molar-refractivity contribution in [1.29, 1.82) is 0 Å². The molecule has 1 atom stereocenters. The molecule has 1 unspecified atom stereocenters. The van der Waals surface area contributed by atoms with E-state index in [2.05, 4.69) is 5.32 Å². The normalized spacial score (nSPS) is 11.5. The summed E-state index contributed by atoms with van der Waals surface area (Å²) in [5, 5.41) is 3.11. The van der Waals surface area contributed by atoms with Gasteiger partial charge in [-0.25, -0.2) is 0 Å². The van der Waals surface area contributed by atoms with Gasteiger partial charge in [-0.05, 0) is 29.8 Å². The van der Waals surface area contributed by atoms with E-state index in [1.165, 1.54) is 0 Å². The zero-order chi connectivity index (χ0) is 15.2. The fourth-order valence-corrected chi connectivity index (χ4v) is 2.03. The Morgan fingerprint density at radius 2 is 1.71 bits per heavy atom. The predicted octanol–water partition coefficient (Wildman–Crippen LogP) is 2.34. The van der Waals surface area contributed by atoms with Gasteiger partial charge < -0.3 is 20.5 Å². The molecule has 0 heterocycles. The molecule has 0 spiro atoms. The van der Waals surface area contributed by atoms with Crippen LogP contribution in [0.15, 0.2) is 48.5 Å². The van der Waals surface area contributed by atoms with Crippen LogP contribution in [0.5, 0.6) is 11.5 Å². The molecule has 0 fully saturated rings. The highest BCUT2D eigenvalue weighted by molar-refractivity contribution is 5.85. The SMILES string of the molecule is COc1ccc(C(Nc2ccccc2OC)C(N)=O)cc1. The van der Waals surface area contributed by atoms with E-state index in [0.717, 1.165) is 11.3 Å². The number of nitrogens with one attached hydrogen (secondary N) is 1. The van der Waals surface area contributed by atoms with Gasteiger partial charge in [-0.15, -0.1) is 0 Å². The van der Waals surface area contributed by atoms with Crippen molar-refractivity contribution < 1.29 is 14.3 Å². The number of anilines is 1. The van der Waals surface area contributed by atoms with E-state index in [-0.39, 0.29) is 0 Å². The van der Waals surface area contributed by atoms with Gasteiger partial charge in [-0.1, -0.05) is 24.3 Å². The molecule has 0 saturated carbocycles. The number of hydrogen-bond donors (Lipinski definition) is 2. The molecule has 0 aromatic heterocycles. The number of carbonyl (C=O) groups excluding carboxylic acids is 1. The first-order valence-corrected chi connectivity index (χ1v) is 6.48. The Kier molecular flexibility index (Phi) is 4.66. The fourth-order valence-electron chi connectivity index (χ4n) is 2.03. The Morgan fingerprint density at radius 1 is 1.05 bits per heavy atom. The van der Waals surface area contributed by atoms with Crippen molar-refractivity contribution in [3.05, 3.63) is 54.1 Å². The number of ether oxygens (including phenoxy) is 2. The van der Waals surface area contributed by atoms with Crippen LogP contribution in [0.4, 0.5) is 5.69 Å². The molecular weight excluding hydrogens is 268 g/mol. The van der Waals surface area contributed by atoms with Crippen molar-refractivity contribution in [3.8, 4) is 11.5 Å². The van der Waals surface area contributed by atoms with E-state index >= 15 is 0 Å². The average Bonchev–Trinajstić information content (AvgIpc) is 2.53. The number of amides is 1. The van der Waals surface area contributed by atoms with Crippen LogP contribution in [0.1, 0.15) is 11.6 Å². The lowest BCUT2D eigenvalue weighted by atomic mass is 10.1. The minimum Gasteiger partial charge on any atom is -0.497 e. The molecule has 2 rings (SSSR count). The molecular formula is C16H18N2O3. The highest BCUT2D eigenvalue weighted by Gasteiger charge is 2.19. The third-order valence-electron chi connectivity index (χ3n) is 3.14. The first-order valence-electron chi connectivity index (χ1n) is 6.48. The largest absolute Gasteiger partial charge is 0.497 e. The first-order chi connectivity index (χ1) is 10.2. The molecule has 0 bridgehead atoms. The summed E-state index contributed by atoms with van der Waals surface area (Å²) < 4.78 is 10.4. The molecule has 5 heteroatoms. The topological polar surface area (TPSA) is 73.6 Å². The molecule has 21 heavy (non-hydrogen) atoms. The molecule has 0 radical (unpaired) electrons. The first kappa shape index (κ1) is 14.7. The van der Waals surface area contributed by atoms with Crippen LogP contribution in [0.2, 0.25) is 0 Å². The van der Waals surface area contributed by atoms with Crippen LogP contribution in [0.25, 0.3) is 0 Å². The van der Waals surface area contributed by atoms with E-state index in [1.54, 1.807) is 38.5 Å². The summed E-state index contributed by atoms with van der Waals surface area (Å²) in [7, 11) is 3.17. The van der Waals surface area contributed by atoms with Crippen molar-refractivity contribution in [1.82, 2.24) is 0 Å². The summed E-state index contributed by atoms with van der Waals surface area (Å²) in [6, 6.07) is 13.9. The van der Waals surface area contributed by atoms with Crippen LogP contribution in [0, 0.1) is 0 Å². The zero-order valence-electron chi connectivity index (χ0n) is 12.0. The maximum Gasteiger partial charge on any atom is 0.244 e. The summed E-state index contributed by atoms with van der Waals surface area (Å²) in [5.74, 6) is 0.905. The number of carbonyl (C=O) groups is 1. The van der Waals surface area contributed by atoms with Crippen molar-refractivity contribution >= 4 is 11.6 Å². The second-order valence-corrected chi connectivity index (χ2v) is 4.45. The molecule has 0 aliphatic rings. The van der Waals surface area contributed by atoms with Crippen LogP contribution < -0.4 is 20.5 Å². The fraction of sp³-hybridized carbons (Fsp3) is 0.188. The Hall–Kier alpha value is -2.69. The van der Waals surface area contributed by atoms with E-state index in [0.29, 0.717) is 11.4 Å². The number of nitrogens with two attached hydrogens (primary N) is 1. The van der Waals surface area contributed by atoms with Crippen LogP contribution in [-0.4, -0.2) is 20.1 Å². The standard InChI is InChI=1S/C16H18N2O3/c1-20-12-9-7-11(8-10-12)15(16(17)19)18-13-5-3-4-6-14(13)21-2/h3-10,15,18H,1-2H3,(H2,17,19). The molecule has 3 N–H and O–H groups in total. The second-order valence-electron chi connectivity index (χ2n) is 4.45. The molecule has 110 valence electrons. The molecule has 5 nitrogen and oxygen atoms in total. The monoisotopic (exact) mass is 286 g/mol. The number of primary amides is 1. The highest BCUT2D eigenvalue weighted by atomic mass is 16.5. The highest BCUT2D eigenvalue weighted by Crippen LogP contribution is 2.28. The smallest absolute Gasteiger partial charge is 0.244 e. The van der Waals surface area contributed by atoms with Gasteiger partial charge in [0.1, 0.15) is 17.5 Å². The van der Waals surface area contributed by atoms with Gasteiger partial charge in [0.2, 0.25) is 5.91 Å². The Labute approximate surface area is 123 Å². The van der Waals surface area contributed by atoms with Crippen LogP contribution in [-0.2, 0) is 4.79 Å². The molecule has 0 aliphatic heterocycles. The zero-order valence-corrected chi connectivity index (χ0v) is 12.0. The molecule has 2 aromatic rings. The van der Waals surface area contributed by atoms with Crippen LogP contribution in [0.3, 0.4) is 0 Å². The van der Waals surface area contributed by atoms with Gasteiger partial charge in [0, 0.05) is 0 Å². The number of benzene rings is 2. The van der Waals surface area contributed by atoms with E-state index < -0.39 is 11.9 Å². The van der Waals surface area contributed by atoms with Gasteiger partial charge >= 0.3 is 0 Å². The van der Waals surface area contributed by atoms with Gasteiger partial charge in [-0.3, -0.25) is 4.79 Å². The summed E-state index contributed by atoms with van der Waals surface area (Å²) in [5.41, 5.74) is 6.97. The Morgan fingerprint density at radius 3 is 2.29 bits per heavy atom. The Bertz CT molecular complexity index is 611. The molecule has 0 aliphatic carbocycles.